The maximum Gasteiger partial charge on any atom is 0.387 e. The number of rotatable bonds is 6. The predicted octanol–water partition coefficient (Wildman–Crippen LogP) is 2.70. The van der Waals surface area contributed by atoms with Gasteiger partial charge in [0.25, 0.3) is 0 Å². The second-order valence-corrected chi connectivity index (χ2v) is 6.02. The third kappa shape index (κ3) is 3.55. The number of carbonyl (C=O) groups is 1. The number of alkyl halides is 2. The van der Waals surface area contributed by atoms with Crippen molar-refractivity contribution >= 4 is 5.91 Å². The first-order chi connectivity index (χ1) is 10.5. The Morgan fingerprint density at radius 1 is 1.36 bits per heavy atom. The van der Waals surface area contributed by atoms with Gasteiger partial charge in [0.2, 0.25) is 5.91 Å². The Balaban J connectivity index is 1.59. The average Bonchev–Trinajstić information content (AvgIpc) is 3.23. The van der Waals surface area contributed by atoms with Crippen LogP contribution in [0.4, 0.5) is 8.78 Å². The number of hydrogen-bond acceptors (Lipinski definition) is 3. The summed E-state index contributed by atoms with van der Waals surface area (Å²) in [6.07, 6.45) is 2.73. The second-order valence-electron chi connectivity index (χ2n) is 6.02. The highest BCUT2D eigenvalue weighted by atomic mass is 19.3. The highest BCUT2D eigenvalue weighted by Gasteiger charge is 2.39. The highest BCUT2D eigenvalue weighted by molar-refractivity contribution is 5.80. The van der Waals surface area contributed by atoms with E-state index in [1.54, 1.807) is 12.1 Å². The zero-order chi connectivity index (χ0) is 15.7. The van der Waals surface area contributed by atoms with Crippen molar-refractivity contribution in [2.75, 3.05) is 6.54 Å². The van der Waals surface area contributed by atoms with Crippen LogP contribution in [0.3, 0.4) is 0 Å². The number of hydrogen-bond donors (Lipinski definition) is 1. The van der Waals surface area contributed by atoms with Gasteiger partial charge in [-0.05, 0) is 37.5 Å². The van der Waals surface area contributed by atoms with E-state index in [2.05, 4.69) is 10.1 Å². The van der Waals surface area contributed by atoms with Gasteiger partial charge < -0.3 is 15.0 Å². The van der Waals surface area contributed by atoms with E-state index >= 15 is 0 Å². The van der Waals surface area contributed by atoms with Crippen molar-refractivity contribution in [2.24, 2.45) is 0 Å². The number of carbonyl (C=O) groups excluding carboxylic acids is 1. The molecular weight excluding hydrogens is 290 g/mol. The van der Waals surface area contributed by atoms with Crippen molar-refractivity contribution in [3.8, 4) is 5.75 Å². The van der Waals surface area contributed by atoms with E-state index in [1.807, 2.05) is 17.9 Å². The Morgan fingerprint density at radius 2 is 2.14 bits per heavy atom. The first-order valence-electron chi connectivity index (χ1n) is 7.63. The molecule has 1 aromatic carbocycles. The van der Waals surface area contributed by atoms with Crippen LogP contribution in [0.15, 0.2) is 24.3 Å². The van der Waals surface area contributed by atoms with Crippen molar-refractivity contribution in [1.82, 2.24) is 10.2 Å². The molecule has 1 saturated heterocycles. The van der Waals surface area contributed by atoms with Gasteiger partial charge in [0.1, 0.15) is 5.75 Å². The lowest BCUT2D eigenvalue weighted by atomic mass is 10.1. The summed E-state index contributed by atoms with van der Waals surface area (Å²) in [5.41, 5.74) is 0.871. The molecule has 1 heterocycles. The van der Waals surface area contributed by atoms with Gasteiger partial charge in [-0.2, -0.15) is 8.78 Å². The van der Waals surface area contributed by atoms with Gasteiger partial charge in [-0.25, -0.2) is 0 Å². The molecule has 1 N–H and O–H groups in total. The monoisotopic (exact) mass is 310 g/mol. The largest absolute Gasteiger partial charge is 0.435 e. The van der Waals surface area contributed by atoms with Gasteiger partial charge in [0.05, 0.1) is 0 Å². The Morgan fingerprint density at radius 3 is 2.82 bits per heavy atom. The maximum absolute atomic E-state index is 12.3. The molecular formula is C16H20F2N2O2. The Kier molecular flexibility index (Phi) is 4.29. The highest BCUT2D eigenvalue weighted by Crippen LogP contribution is 2.31. The SMILES string of the molecule is CC(NC1CC(=O)N(C2CC2)C1)c1cccc(OC(F)F)c1. The first-order valence-corrected chi connectivity index (χ1v) is 7.63. The summed E-state index contributed by atoms with van der Waals surface area (Å²) >= 11 is 0. The summed E-state index contributed by atoms with van der Waals surface area (Å²) in [5.74, 6) is 0.366. The Labute approximate surface area is 128 Å². The summed E-state index contributed by atoms with van der Waals surface area (Å²) in [6.45, 7) is -0.120. The molecule has 0 spiro atoms. The molecule has 1 saturated carbocycles. The van der Waals surface area contributed by atoms with E-state index in [1.165, 1.54) is 6.07 Å². The molecule has 1 amide bonds. The van der Waals surface area contributed by atoms with E-state index in [4.69, 9.17) is 0 Å². The van der Waals surface area contributed by atoms with Crippen LogP contribution in [0.2, 0.25) is 0 Å². The minimum Gasteiger partial charge on any atom is -0.435 e. The number of nitrogens with one attached hydrogen (secondary N) is 1. The van der Waals surface area contributed by atoms with E-state index in [-0.39, 0.29) is 23.7 Å². The van der Waals surface area contributed by atoms with Crippen LogP contribution in [-0.4, -0.2) is 36.0 Å². The van der Waals surface area contributed by atoms with Gasteiger partial charge >= 0.3 is 6.61 Å². The van der Waals surface area contributed by atoms with Crippen LogP contribution >= 0.6 is 0 Å². The van der Waals surface area contributed by atoms with E-state index < -0.39 is 6.61 Å². The minimum absolute atomic E-state index is 0.0295. The molecule has 0 aromatic heterocycles. The molecule has 22 heavy (non-hydrogen) atoms. The van der Waals surface area contributed by atoms with Crippen molar-refractivity contribution in [2.45, 2.75) is 50.9 Å². The number of likely N-dealkylation sites (tertiary alicyclic amines) is 1. The fourth-order valence-corrected chi connectivity index (χ4v) is 2.99. The molecule has 120 valence electrons. The average molecular weight is 310 g/mol. The predicted molar refractivity (Wildman–Crippen MR) is 77.8 cm³/mol. The van der Waals surface area contributed by atoms with Crippen LogP contribution in [0.1, 0.15) is 37.8 Å². The van der Waals surface area contributed by atoms with E-state index in [0.29, 0.717) is 12.5 Å². The molecule has 2 unspecified atom stereocenters. The molecule has 0 radical (unpaired) electrons. The van der Waals surface area contributed by atoms with Crippen LogP contribution < -0.4 is 10.1 Å². The van der Waals surface area contributed by atoms with Gasteiger partial charge in [-0.15, -0.1) is 0 Å². The van der Waals surface area contributed by atoms with Gasteiger partial charge in [0, 0.05) is 31.1 Å². The zero-order valence-corrected chi connectivity index (χ0v) is 12.5. The van der Waals surface area contributed by atoms with Crippen LogP contribution in [0.5, 0.6) is 5.75 Å². The van der Waals surface area contributed by atoms with Crippen LogP contribution in [-0.2, 0) is 4.79 Å². The molecule has 2 atom stereocenters. The van der Waals surface area contributed by atoms with Crippen molar-refractivity contribution in [1.29, 1.82) is 0 Å². The quantitative estimate of drug-likeness (QED) is 0.878. The number of amides is 1. The van der Waals surface area contributed by atoms with E-state index in [0.717, 1.165) is 24.9 Å². The Hall–Kier alpha value is -1.69. The van der Waals surface area contributed by atoms with Crippen molar-refractivity contribution < 1.29 is 18.3 Å². The summed E-state index contributed by atoms with van der Waals surface area (Å²) < 4.78 is 29.0. The number of ether oxygens (including phenoxy) is 1. The normalized spacial score (nSPS) is 23.2. The smallest absolute Gasteiger partial charge is 0.387 e. The topological polar surface area (TPSA) is 41.6 Å². The van der Waals surface area contributed by atoms with Gasteiger partial charge in [0.15, 0.2) is 0 Å². The molecule has 2 fully saturated rings. The lowest BCUT2D eigenvalue weighted by Crippen LogP contribution is -2.35. The van der Waals surface area contributed by atoms with Gasteiger partial charge in [-0.3, -0.25) is 4.79 Å². The summed E-state index contributed by atoms with van der Waals surface area (Å²) in [6, 6.07) is 7.21. The summed E-state index contributed by atoms with van der Waals surface area (Å²) in [4.78, 5) is 13.9. The standard InChI is InChI=1S/C16H20F2N2O2/c1-10(11-3-2-4-14(7-11)22-16(17)18)19-12-8-15(21)20(9-12)13-5-6-13/h2-4,7,10,12-13,16,19H,5-6,8-9H2,1H3. The summed E-state index contributed by atoms with van der Waals surface area (Å²) in [7, 11) is 0. The first kappa shape index (κ1) is 15.2. The molecule has 4 nitrogen and oxygen atoms in total. The molecule has 1 aliphatic carbocycles. The molecule has 1 aromatic rings. The molecule has 3 rings (SSSR count). The number of benzene rings is 1. The van der Waals surface area contributed by atoms with Gasteiger partial charge in [-0.1, -0.05) is 12.1 Å². The molecule has 2 aliphatic rings. The maximum atomic E-state index is 12.3. The summed E-state index contributed by atoms with van der Waals surface area (Å²) in [5, 5.41) is 3.41. The molecule has 0 bridgehead atoms. The third-order valence-electron chi connectivity index (χ3n) is 4.22. The van der Waals surface area contributed by atoms with Crippen LogP contribution in [0, 0.1) is 0 Å². The van der Waals surface area contributed by atoms with Crippen LogP contribution in [0.25, 0.3) is 0 Å². The van der Waals surface area contributed by atoms with Crippen molar-refractivity contribution in [3.63, 3.8) is 0 Å². The number of halogens is 2. The van der Waals surface area contributed by atoms with E-state index in [9.17, 15) is 13.6 Å². The zero-order valence-electron chi connectivity index (χ0n) is 12.5. The lowest BCUT2D eigenvalue weighted by molar-refractivity contribution is -0.128. The minimum atomic E-state index is -2.82. The lowest BCUT2D eigenvalue weighted by Gasteiger charge is -2.21. The fourth-order valence-electron chi connectivity index (χ4n) is 2.99. The third-order valence-corrected chi connectivity index (χ3v) is 4.22. The van der Waals surface area contributed by atoms with Crippen molar-refractivity contribution in [3.05, 3.63) is 29.8 Å². The molecule has 6 heteroatoms. The Bertz CT molecular complexity index is 549. The second kappa shape index (κ2) is 6.20. The fraction of sp³-hybridized carbons (Fsp3) is 0.562. The number of nitrogens with zero attached hydrogens (tertiary/aromatic N) is 1. The molecule has 1 aliphatic heterocycles.